The Morgan fingerprint density at radius 2 is 2.16 bits per heavy atom. The minimum absolute atomic E-state index is 0.0602. The summed E-state index contributed by atoms with van der Waals surface area (Å²) in [7, 11) is 0. The molecule has 2 aromatic rings. The predicted molar refractivity (Wildman–Crippen MR) is 75.1 cm³/mol. The highest BCUT2D eigenvalue weighted by atomic mass is 32.2. The zero-order chi connectivity index (χ0) is 13.2. The molecule has 0 spiro atoms. The molecule has 19 heavy (non-hydrogen) atoms. The minimum Gasteiger partial charge on any atom is -0.389 e. The second-order valence-electron chi connectivity index (χ2n) is 4.58. The fraction of sp³-hybridized carbons (Fsp3) is 0.286. The molecule has 4 nitrogen and oxygen atoms in total. The number of carbonyl (C=O) groups is 1. The first-order chi connectivity index (χ1) is 9.24. The summed E-state index contributed by atoms with van der Waals surface area (Å²) in [6.07, 6.45) is 1.42. The smallest absolute Gasteiger partial charge is 0.233 e. The number of pyridine rings is 1. The van der Waals surface area contributed by atoms with Gasteiger partial charge < -0.3 is 10.0 Å². The minimum atomic E-state index is -0.343. The van der Waals surface area contributed by atoms with E-state index in [4.69, 9.17) is 0 Å². The molecule has 0 radical (unpaired) electrons. The molecule has 0 aliphatic carbocycles. The van der Waals surface area contributed by atoms with Gasteiger partial charge in [-0.15, -0.1) is 0 Å². The zero-order valence-corrected chi connectivity index (χ0v) is 11.1. The molecule has 1 aromatic carbocycles. The molecule has 1 aliphatic rings. The van der Waals surface area contributed by atoms with Crippen molar-refractivity contribution < 1.29 is 9.90 Å². The summed E-state index contributed by atoms with van der Waals surface area (Å²) in [6, 6.07) is 9.98. The molecule has 1 aliphatic heterocycles. The summed E-state index contributed by atoms with van der Waals surface area (Å²) in [5.74, 6) is 0.429. The fourth-order valence-electron chi connectivity index (χ4n) is 2.09. The van der Waals surface area contributed by atoms with Crippen molar-refractivity contribution in [3.05, 3.63) is 36.5 Å². The molecule has 3 rings (SSSR count). The van der Waals surface area contributed by atoms with Crippen LogP contribution in [-0.4, -0.2) is 45.8 Å². The number of likely N-dealkylation sites (tertiary alicyclic amines) is 1. The Kier molecular flexibility index (Phi) is 3.40. The number of hydrogen-bond donors (Lipinski definition) is 1. The van der Waals surface area contributed by atoms with Crippen molar-refractivity contribution in [1.29, 1.82) is 0 Å². The van der Waals surface area contributed by atoms with Crippen LogP contribution in [0.1, 0.15) is 0 Å². The first-order valence-electron chi connectivity index (χ1n) is 6.16. The summed E-state index contributed by atoms with van der Waals surface area (Å²) in [5.41, 5.74) is 0. The lowest BCUT2D eigenvalue weighted by Gasteiger charge is -2.35. The summed E-state index contributed by atoms with van der Waals surface area (Å²) in [5, 5.41) is 12.3. The van der Waals surface area contributed by atoms with E-state index in [0.29, 0.717) is 18.8 Å². The first kappa shape index (κ1) is 12.4. The van der Waals surface area contributed by atoms with Gasteiger partial charge in [0.05, 0.1) is 11.9 Å². The summed E-state index contributed by atoms with van der Waals surface area (Å²) >= 11 is 1.45. The standard InChI is InChI=1S/C14H14N2O2S/c17-11-7-16(8-11)13(18)9-19-14-12-4-2-1-3-10(12)5-6-15-14/h1-6,11,17H,7-9H2. The van der Waals surface area contributed by atoms with E-state index in [-0.39, 0.29) is 12.0 Å². The molecule has 5 heteroatoms. The molecule has 0 atom stereocenters. The second-order valence-corrected chi connectivity index (χ2v) is 5.54. The Hall–Kier alpha value is -1.59. The van der Waals surface area contributed by atoms with Crippen LogP contribution in [0.2, 0.25) is 0 Å². The molecular formula is C14H14N2O2S. The van der Waals surface area contributed by atoms with Crippen LogP contribution in [0.4, 0.5) is 0 Å². The number of aliphatic hydroxyl groups excluding tert-OH is 1. The van der Waals surface area contributed by atoms with Gasteiger partial charge in [-0.2, -0.15) is 0 Å². The van der Waals surface area contributed by atoms with Gasteiger partial charge in [0.1, 0.15) is 5.03 Å². The predicted octanol–water partition coefficient (Wildman–Crippen LogP) is 1.53. The lowest BCUT2D eigenvalue weighted by atomic mass is 10.2. The number of fused-ring (bicyclic) bond motifs is 1. The van der Waals surface area contributed by atoms with Crippen LogP contribution in [0.15, 0.2) is 41.6 Å². The SMILES string of the molecule is O=C(CSc1nccc2ccccc12)N1CC(O)C1. The van der Waals surface area contributed by atoms with Gasteiger partial charge in [-0.1, -0.05) is 36.0 Å². The normalized spacial score (nSPS) is 15.5. The number of benzene rings is 1. The Balaban J connectivity index is 1.70. The maximum atomic E-state index is 11.8. The Morgan fingerprint density at radius 3 is 2.95 bits per heavy atom. The molecular weight excluding hydrogens is 260 g/mol. The molecule has 2 heterocycles. The van der Waals surface area contributed by atoms with E-state index in [0.717, 1.165) is 15.8 Å². The summed E-state index contributed by atoms with van der Waals surface area (Å²) in [4.78, 5) is 17.9. The maximum absolute atomic E-state index is 11.8. The summed E-state index contributed by atoms with van der Waals surface area (Å²) in [6.45, 7) is 0.921. The number of aliphatic hydroxyl groups is 1. The third-order valence-corrected chi connectivity index (χ3v) is 4.17. The third kappa shape index (κ3) is 2.57. The fourth-order valence-corrected chi connectivity index (χ4v) is 3.01. The molecule has 0 saturated carbocycles. The van der Waals surface area contributed by atoms with E-state index in [2.05, 4.69) is 4.98 Å². The van der Waals surface area contributed by atoms with Crippen LogP contribution in [0, 0.1) is 0 Å². The topological polar surface area (TPSA) is 53.4 Å². The number of thioether (sulfide) groups is 1. The number of amides is 1. The van der Waals surface area contributed by atoms with Gasteiger partial charge in [0.25, 0.3) is 0 Å². The molecule has 1 N–H and O–H groups in total. The lowest BCUT2D eigenvalue weighted by Crippen LogP contribution is -2.54. The van der Waals surface area contributed by atoms with E-state index in [1.165, 1.54) is 11.8 Å². The van der Waals surface area contributed by atoms with Crippen LogP contribution < -0.4 is 0 Å². The Bertz CT molecular complexity index is 606. The van der Waals surface area contributed by atoms with Gasteiger partial charge >= 0.3 is 0 Å². The number of rotatable bonds is 3. The second kappa shape index (κ2) is 5.19. The van der Waals surface area contributed by atoms with Gasteiger partial charge in [0.2, 0.25) is 5.91 Å². The van der Waals surface area contributed by atoms with Crippen LogP contribution in [0.3, 0.4) is 0 Å². The number of hydrogen-bond acceptors (Lipinski definition) is 4. The Labute approximate surface area is 115 Å². The Morgan fingerprint density at radius 1 is 1.37 bits per heavy atom. The largest absolute Gasteiger partial charge is 0.389 e. The number of carbonyl (C=O) groups excluding carboxylic acids is 1. The lowest BCUT2D eigenvalue weighted by molar-refractivity contribution is -0.138. The highest BCUT2D eigenvalue weighted by molar-refractivity contribution is 8.00. The zero-order valence-electron chi connectivity index (χ0n) is 10.3. The van der Waals surface area contributed by atoms with E-state index < -0.39 is 0 Å². The maximum Gasteiger partial charge on any atom is 0.233 e. The molecule has 1 fully saturated rings. The van der Waals surface area contributed by atoms with Crippen molar-refractivity contribution >= 4 is 28.4 Å². The van der Waals surface area contributed by atoms with Crippen LogP contribution >= 0.6 is 11.8 Å². The van der Waals surface area contributed by atoms with E-state index in [1.54, 1.807) is 11.1 Å². The van der Waals surface area contributed by atoms with Crippen molar-refractivity contribution in [2.45, 2.75) is 11.1 Å². The molecule has 0 bridgehead atoms. The van der Waals surface area contributed by atoms with Crippen molar-refractivity contribution in [2.24, 2.45) is 0 Å². The van der Waals surface area contributed by atoms with Crippen LogP contribution in [0.25, 0.3) is 10.8 Å². The highest BCUT2D eigenvalue weighted by Gasteiger charge is 2.28. The van der Waals surface area contributed by atoms with E-state index in [1.807, 2.05) is 30.3 Å². The van der Waals surface area contributed by atoms with Crippen molar-refractivity contribution in [3.8, 4) is 0 Å². The van der Waals surface area contributed by atoms with Gasteiger partial charge in [-0.25, -0.2) is 4.98 Å². The van der Waals surface area contributed by atoms with Crippen molar-refractivity contribution in [3.63, 3.8) is 0 Å². The highest BCUT2D eigenvalue weighted by Crippen LogP contribution is 2.26. The first-order valence-corrected chi connectivity index (χ1v) is 7.15. The van der Waals surface area contributed by atoms with Gasteiger partial charge in [-0.3, -0.25) is 4.79 Å². The van der Waals surface area contributed by atoms with Gasteiger partial charge in [-0.05, 0) is 11.5 Å². The monoisotopic (exact) mass is 274 g/mol. The number of nitrogens with zero attached hydrogens (tertiary/aromatic N) is 2. The third-order valence-electron chi connectivity index (χ3n) is 3.18. The average Bonchev–Trinajstić information content (AvgIpc) is 2.41. The van der Waals surface area contributed by atoms with Crippen LogP contribution in [-0.2, 0) is 4.79 Å². The molecule has 1 aromatic heterocycles. The number of aromatic nitrogens is 1. The molecule has 0 unspecified atom stereocenters. The van der Waals surface area contributed by atoms with Gasteiger partial charge in [0.15, 0.2) is 0 Å². The summed E-state index contributed by atoms with van der Waals surface area (Å²) < 4.78 is 0. The van der Waals surface area contributed by atoms with Crippen LogP contribution in [0.5, 0.6) is 0 Å². The van der Waals surface area contributed by atoms with Crippen molar-refractivity contribution in [1.82, 2.24) is 9.88 Å². The average molecular weight is 274 g/mol. The number of β-amino-alcohol motifs (C(OH)–C–C–N with tert-alkyl or cyclic N) is 1. The molecule has 1 amide bonds. The van der Waals surface area contributed by atoms with Crippen molar-refractivity contribution in [2.75, 3.05) is 18.8 Å². The van der Waals surface area contributed by atoms with E-state index >= 15 is 0 Å². The van der Waals surface area contributed by atoms with Gasteiger partial charge in [0, 0.05) is 24.7 Å². The molecule has 98 valence electrons. The molecule has 1 saturated heterocycles. The van der Waals surface area contributed by atoms with E-state index in [9.17, 15) is 9.90 Å². The quantitative estimate of drug-likeness (QED) is 0.862.